The van der Waals surface area contributed by atoms with E-state index >= 15 is 0 Å². The Morgan fingerprint density at radius 3 is 2.45 bits per heavy atom. The Hall–Kier alpha value is -1.74. The normalized spacial score (nSPS) is 10.5. The molecular formula is C19H22O2S. The third kappa shape index (κ3) is 5.94. The van der Waals surface area contributed by atoms with E-state index in [1.165, 1.54) is 5.56 Å². The lowest BCUT2D eigenvalue weighted by atomic mass is 10.1. The molecule has 2 rings (SSSR count). The van der Waals surface area contributed by atoms with Gasteiger partial charge in [0, 0.05) is 18.4 Å². The molecule has 0 unspecified atom stereocenters. The van der Waals surface area contributed by atoms with Crippen LogP contribution >= 0.6 is 11.8 Å². The van der Waals surface area contributed by atoms with Crippen molar-refractivity contribution in [3.8, 4) is 5.75 Å². The number of aromatic hydroxyl groups is 1. The number of thioether (sulfide) groups is 1. The minimum absolute atomic E-state index is 0.199. The van der Waals surface area contributed by atoms with Gasteiger partial charge in [-0.3, -0.25) is 4.79 Å². The topological polar surface area (TPSA) is 37.3 Å². The van der Waals surface area contributed by atoms with Crippen molar-refractivity contribution in [3.05, 3.63) is 65.7 Å². The van der Waals surface area contributed by atoms with Crippen LogP contribution in [0.4, 0.5) is 0 Å². The van der Waals surface area contributed by atoms with E-state index in [1.807, 2.05) is 30.0 Å². The standard InChI is InChI=1S/C19H22O2S/c20-18(15-17-9-4-5-11-19(17)21)10-6-13-22-14-12-16-7-2-1-3-8-16/h1-5,7-9,11,21H,6,10,12-15H2. The summed E-state index contributed by atoms with van der Waals surface area (Å²) in [6.45, 7) is 0. The molecule has 0 aliphatic carbocycles. The first-order valence-corrected chi connectivity index (χ1v) is 8.81. The maximum Gasteiger partial charge on any atom is 0.137 e. The summed E-state index contributed by atoms with van der Waals surface area (Å²) >= 11 is 1.90. The number of hydrogen-bond acceptors (Lipinski definition) is 3. The molecule has 2 aromatic rings. The number of phenolic OH excluding ortho intramolecular Hbond substituents is 1. The van der Waals surface area contributed by atoms with Gasteiger partial charge in [-0.15, -0.1) is 0 Å². The smallest absolute Gasteiger partial charge is 0.137 e. The summed E-state index contributed by atoms with van der Waals surface area (Å²) in [7, 11) is 0. The zero-order valence-corrected chi connectivity index (χ0v) is 13.5. The maximum absolute atomic E-state index is 11.9. The Morgan fingerprint density at radius 2 is 1.68 bits per heavy atom. The second-order valence-electron chi connectivity index (χ2n) is 5.30. The molecule has 0 spiro atoms. The first-order valence-electron chi connectivity index (χ1n) is 7.66. The van der Waals surface area contributed by atoms with Gasteiger partial charge in [-0.2, -0.15) is 11.8 Å². The Balaban J connectivity index is 1.57. The second-order valence-corrected chi connectivity index (χ2v) is 6.52. The van der Waals surface area contributed by atoms with Gasteiger partial charge in [0.25, 0.3) is 0 Å². The average molecular weight is 314 g/mol. The summed E-state index contributed by atoms with van der Waals surface area (Å²) in [6.07, 6.45) is 2.91. The number of phenols is 1. The highest BCUT2D eigenvalue weighted by Crippen LogP contribution is 2.17. The number of ketones is 1. The molecule has 0 bridgehead atoms. The second kappa shape index (κ2) is 9.31. The zero-order chi connectivity index (χ0) is 15.6. The summed E-state index contributed by atoms with van der Waals surface area (Å²) < 4.78 is 0. The summed E-state index contributed by atoms with van der Waals surface area (Å²) in [6, 6.07) is 17.5. The number of carbonyl (C=O) groups excluding carboxylic acids is 1. The van der Waals surface area contributed by atoms with Crippen LogP contribution in [0.25, 0.3) is 0 Å². The molecular weight excluding hydrogens is 292 g/mol. The number of carbonyl (C=O) groups is 1. The molecule has 116 valence electrons. The Kier molecular flexibility index (Phi) is 7.04. The summed E-state index contributed by atoms with van der Waals surface area (Å²) in [5.41, 5.74) is 2.09. The third-order valence-electron chi connectivity index (χ3n) is 3.50. The summed E-state index contributed by atoms with van der Waals surface area (Å²) in [5, 5.41) is 9.65. The molecule has 0 aromatic heterocycles. The van der Waals surface area contributed by atoms with Crippen molar-refractivity contribution in [3.63, 3.8) is 0 Å². The van der Waals surface area contributed by atoms with Gasteiger partial charge >= 0.3 is 0 Å². The van der Waals surface area contributed by atoms with E-state index in [0.717, 1.165) is 29.9 Å². The van der Waals surface area contributed by atoms with Crippen LogP contribution in [0.1, 0.15) is 24.0 Å². The van der Waals surface area contributed by atoms with Gasteiger partial charge < -0.3 is 5.11 Å². The van der Waals surface area contributed by atoms with Gasteiger partial charge in [0.15, 0.2) is 0 Å². The zero-order valence-electron chi connectivity index (χ0n) is 12.7. The van der Waals surface area contributed by atoms with Crippen molar-refractivity contribution < 1.29 is 9.90 Å². The highest BCUT2D eigenvalue weighted by atomic mass is 32.2. The minimum atomic E-state index is 0.199. The van der Waals surface area contributed by atoms with Gasteiger partial charge in [0.05, 0.1) is 0 Å². The molecule has 0 amide bonds. The largest absolute Gasteiger partial charge is 0.508 e. The van der Waals surface area contributed by atoms with Crippen molar-refractivity contribution in [1.29, 1.82) is 0 Å². The van der Waals surface area contributed by atoms with Crippen LogP contribution in [0.2, 0.25) is 0 Å². The molecule has 0 atom stereocenters. The quantitative estimate of drug-likeness (QED) is 0.703. The van der Waals surface area contributed by atoms with Crippen LogP contribution in [-0.2, 0) is 17.6 Å². The van der Waals surface area contributed by atoms with Gasteiger partial charge in [-0.05, 0) is 36.0 Å². The molecule has 2 nitrogen and oxygen atoms in total. The monoisotopic (exact) mass is 314 g/mol. The lowest BCUT2D eigenvalue weighted by Crippen LogP contribution is -2.03. The molecule has 2 aromatic carbocycles. The van der Waals surface area contributed by atoms with Crippen molar-refractivity contribution in [2.45, 2.75) is 25.7 Å². The Bertz CT molecular complexity index is 581. The van der Waals surface area contributed by atoms with Crippen molar-refractivity contribution in [2.24, 2.45) is 0 Å². The molecule has 0 radical (unpaired) electrons. The average Bonchev–Trinajstić information content (AvgIpc) is 2.54. The SMILES string of the molecule is O=C(CCCSCCc1ccccc1)Cc1ccccc1O. The number of Topliss-reactive ketones (excluding diaryl/α,β-unsaturated/α-hetero) is 1. The highest BCUT2D eigenvalue weighted by molar-refractivity contribution is 7.99. The predicted octanol–water partition coefficient (Wildman–Crippen LogP) is 4.26. The maximum atomic E-state index is 11.9. The van der Waals surface area contributed by atoms with E-state index in [2.05, 4.69) is 24.3 Å². The number of hydrogen-bond donors (Lipinski definition) is 1. The lowest BCUT2D eigenvalue weighted by Gasteiger charge is -2.04. The molecule has 0 saturated carbocycles. The fourth-order valence-corrected chi connectivity index (χ4v) is 3.20. The molecule has 0 aliphatic heterocycles. The van der Waals surface area contributed by atoms with Crippen molar-refractivity contribution in [2.75, 3.05) is 11.5 Å². The van der Waals surface area contributed by atoms with Gasteiger partial charge in [0.2, 0.25) is 0 Å². The van der Waals surface area contributed by atoms with Crippen LogP contribution in [-0.4, -0.2) is 22.4 Å². The molecule has 0 aliphatic rings. The predicted molar refractivity (Wildman–Crippen MR) is 93.5 cm³/mol. The van der Waals surface area contributed by atoms with Crippen LogP contribution < -0.4 is 0 Å². The Morgan fingerprint density at radius 1 is 0.955 bits per heavy atom. The van der Waals surface area contributed by atoms with Crippen LogP contribution in [0.5, 0.6) is 5.75 Å². The number of para-hydroxylation sites is 1. The molecule has 3 heteroatoms. The van der Waals surface area contributed by atoms with Crippen LogP contribution in [0.3, 0.4) is 0 Å². The van der Waals surface area contributed by atoms with E-state index in [9.17, 15) is 9.90 Å². The first-order chi connectivity index (χ1) is 10.8. The number of aryl methyl sites for hydroxylation is 1. The van der Waals surface area contributed by atoms with Crippen LogP contribution in [0.15, 0.2) is 54.6 Å². The molecule has 22 heavy (non-hydrogen) atoms. The lowest BCUT2D eigenvalue weighted by molar-refractivity contribution is -0.118. The van der Waals surface area contributed by atoms with E-state index < -0.39 is 0 Å². The molecule has 0 fully saturated rings. The molecule has 0 heterocycles. The third-order valence-corrected chi connectivity index (χ3v) is 4.57. The minimum Gasteiger partial charge on any atom is -0.508 e. The van der Waals surface area contributed by atoms with Gasteiger partial charge in [0.1, 0.15) is 11.5 Å². The van der Waals surface area contributed by atoms with E-state index in [4.69, 9.17) is 0 Å². The fraction of sp³-hybridized carbons (Fsp3) is 0.316. The van der Waals surface area contributed by atoms with E-state index in [-0.39, 0.29) is 11.5 Å². The van der Waals surface area contributed by atoms with E-state index in [0.29, 0.717) is 12.8 Å². The summed E-state index contributed by atoms with van der Waals surface area (Å²) in [5.74, 6) is 2.52. The summed E-state index contributed by atoms with van der Waals surface area (Å²) in [4.78, 5) is 11.9. The van der Waals surface area contributed by atoms with E-state index in [1.54, 1.807) is 12.1 Å². The first kappa shape index (κ1) is 16.6. The molecule has 1 N–H and O–H groups in total. The fourth-order valence-electron chi connectivity index (χ4n) is 2.27. The number of rotatable bonds is 9. The Labute approximate surface area is 136 Å². The highest BCUT2D eigenvalue weighted by Gasteiger charge is 2.07. The van der Waals surface area contributed by atoms with Crippen molar-refractivity contribution >= 4 is 17.5 Å². The van der Waals surface area contributed by atoms with Gasteiger partial charge in [-0.25, -0.2) is 0 Å². The van der Waals surface area contributed by atoms with Crippen LogP contribution in [0, 0.1) is 0 Å². The number of benzene rings is 2. The van der Waals surface area contributed by atoms with Crippen molar-refractivity contribution in [1.82, 2.24) is 0 Å². The van der Waals surface area contributed by atoms with Gasteiger partial charge in [-0.1, -0.05) is 48.5 Å². The molecule has 0 saturated heterocycles.